The molecule has 13 heteroatoms. The second-order valence-electron chi connectivity index (χ2n) is 9.26. The number of rotatable bonds is 10. The van der Waals surface area contributed by atoms with Crippen LogP contribution in [0, 0.1) is 20.8 Å². The largest absolute Gasteiger partial charge is 0.489 e. The Kier molecular flexibility index (Phi) is 8.01. The Morgan fingerprint density at radius 3 is 2.61 bits per heavy atom. The van der Waals surface area contributed by atoms with Crippen molar-refractivity contribution in [3.63, 3.8) is 0 Å². The minimum absolute atomic E-state index is 0.0847. The van der Waals surface area contributed by atoms with Crippen LogP contribution in [0.1, 0.15) is 32.9 Å². The number of ether oxygens (including phenoxy) is 2. The van der Waals surface area contributed by atoms with Gasteiger partial charge in [0, 0.05) is 36.2 Å². The molecule has 5 rings (SSSR count). The Hall–Kier alpha value is -4.33. The van der Waals surface area contributed by atoms with Crippen LogP contribution in [0.5, 0.6) is 5.75 Å². The van der Waals surface area contributed by atoms with E-state index in [0.29, 0.717) is 27.6 Å². The van der Waals surface area contributed by atoms with Crippen LogP contribution in [-0.2, 0) is 21.4 Å². The lowest BCUT2D eigenvalue weighted by atomic mass is 10.1. The smallest absolute Gasteiger partial charge is 0.341 e. The molecule has 0 bridgehead atoms. The highest BCUT2D eigenvalue weighted by molar-refractivity contribution is 7.89. The van der Waals surface area contributed by atoms with Crippen molar-refractivity contribution in [2.45, 2.75) is 32.3 Å². The van der Waals surface area contributed by atoms with E-state index >= 15 is 0 Å². The summed E-state index contributed by atoms with van der Waals surface area (Å²) in [5, 5.41) is 10.4. The predicted octanol–water partition coefficient (Wildman–Crippen LogP) is 4.57. The van der Waals surface area contributed by atoms with Crippen LogP contribution in [0.3, 0.4) is 0 Å². The number of pyridine rings is 1. The van der Waals surface area contributed by atoms with Crippen molar-refractivity contribution < 1.29 is 27.1 Å². The summed E-state index contributed by atoms with van der Waals surface area (Å²) in [6, 6.07) is 12.1. The fraction of sp³-hybridized carbons (Fsp3) is 0.214. The number of nitrogens with one attached hydrogen (secondary N) is 1. The molecule has 0 fully saturated rings. The number of esters is 1. The van der Waals surface area contributed by atoms with Crippen LogP contribution in [-0.4, -0.2) is 42.7 Å². The molecule has 0 unspecified atom stereocenters. The average molecular weight is 594 g/mol. The molecule has 0 saturated carbocycles. The van der Waals surface area contributed by atoms with E-state index in [1.165, 1.54) is 29.7 Å². The molecule has 5 aromatic rings. The predicted molar refractivity (Wildman–Crippen MR) is 154 cm³/mol. The maximum absolute atomic E-state index is 12.9. The molecule has 0 atom stereocenters. The van der Waals surface area contributed by atoms with Crippen molar-refractivity contribution in [1.82, 2.24) is 19.9 Å². The fourth-order valence-corrected chi connectivity index (χ4v) is 6.11. The van der Waals surface area contributed by atoms with Gasteiger partial charge in [0.1, 0.15) is 24.8 Å². The normalized spacial score (nSPS) is 11.6. The summed E-state index contributed by atoms with van der Waals surface area (Å²) in [6.45, 7) is 5.45. The number of benzene rings is 2. The zero-order valence-corrected chi connectivity index (χ0v) is 24.1. The van der Waals surface area contributed by atoms with E-state index < -0.39 is 16.0 Å². The van der Waals surface area contributed by atoms with Gasteiger partial charge in [-0.15, -0.1) is 21.5 Å². The number of aromatic nitrogens is 3. The molecule has 0 radical (unpaired) electrons. The third-order valence-electron chi connectivity index (χ3n) is 6.22. The van der Waals surface area contributed by atoms with Gasteiger partial charge in [0.25, 0.3) is 0 Å². The molecule has 0 aliphatic carbocycles. The number of anilines is 1. The molecule has 3 N–H and O–H groups in total. The lowest BCUT2D eigenvalue weighted by Gasteiger charge is -2.11. The highest BCUT2D eigenvalue weighted by Crippen LogP contribution is 2.34. The molecule has 3 heterocycles. The molecule has 0 spiro atoms. The van der Waals surface area contributed by atoms with Gasteiger partial charge in [-0.05, 0) is 49.1 Å². The Morgan fingerprint density at radius 2 is 1.88 bits per heavy atom. The Labute approximate surface area is 240 Å². The second-order valence-corrected chi connectivity index (χ2v) is 11.9. The number of carbonyl (C=O) groups excluding carboxylic acids is 1. The summed E-state index contributed by atoms with van der Waals surface area (Å²) >= 11 is 1.32. The SMILES string of the molecule is Cc1ccc(S(=O)(=O)NCCOC(=O)c2cnc(N)c3c(COc4cc(-c5nnc(C)o5)ccc4C)csc23)cc1. The van der Waals surface area contributed by atoms with E-state index in [0.717, 1.165) is 22.3 Å². The number of nitrogen functional groups attached to an aromatic ring is 1. The van der Waals surface area contributed by atoms with Gasteiger partial charge in [0.05, 0.1) is 15.2 Å². The van der Waals surface area contributed by atoms with Gasteiger partial charge >= 0.3 is 5.97 Å². The van der Waals surface area contributed by atoms with E-state index in [-0.39, 0.29) is 36.0 Å². The number of fused-ring (bicyclic) bond motifs is 1. The van der Waals surface area contributed by atoms with Crippen molar-refractivity contribution in [3.05, 3.63) is 82.2 Å². The molecule has 0 saturated heterocycles. The van der Waals surface area contributed by atoms with Crippen LogP contribution in [0.2, 0.25) is 0 Å². The van der Waals surface area contributed by atoms with Gasteiger partial charge < -0.3 is 19.6 Å². The minimum atomic E-state index is -3.72. The van der Waals surface area contributed by atoms with Crippen LogP contribution in [0.15, 0.2) is 63.4 Å². The minimum Gasteiger partial charge on any atom is -0.489 e. The van der Waals surface area contributed by atoms with Crippen LogP contribution in [0.4, 0.5) is 5.82 Å². The van der Waals surface area contributed by atoms with Crippen molar-refractivity contribution in [1.29, 1.82) is 0 Å². The first-order valence-electron chi connectivity index (χ1n) is 12.5. The van der Waals surface area contributed by atoms with E-state index in [2.05, 4.69) is 19.9 Å². The highest BCUT2D eigenvalue weighted by Gasteiger charge is 2.20. The molecule has 212 valence electrons. The highest BCUT2D eigenvalue weighted by atomic mass is 32.2. The van der Waals surface area contributed by atoms with E-state index in [1.807, 2.05) is 37.4 Å². The summed E-state index contributed by atoms with van der Waals surface area (Å²) in [7, 11) is -3.72. The van der Waals surface area contributed by atoms with Crippen molar-refractivity contribution in [2.75, 3.05) is 18.9 Å². The Bertz CT molecular complexity index is 1830. The first-order chi connectivity index (χ1) is 19.6. The van der Waals surface area contributed by atoms with Gasteiger partial charge in [-0.25, -0.2) is 22.9 Å². The lowest BCUT2D eigenvalue weighted by Crippen LogP contribution is -2.28. The first-order valence-corrected chi connectivity index (χ1v) is 14.9. The van der Waals surface area contributed by atoms with Gasteiger partial charge in [0.15, 0.2) is 0 Å². The second kappa shape index (κ2) is 11.6. The van der Waals surface area contributed by atoms with Gasteiger partial charge in [-0.2, -0.15) is 0 Å². The van der Waals surface area contributed by atoms with Gasteiger partial charge in [-0.1, -0.05) is 23.8 Å². The number of hydrogen-bond donors (Lipinski definition) is 2. The fourth-order valence-electron chi connectivity index (χ4n) is 4.04. The zero-order chi connectivity index (χ0) is 29.1. The van der Waals surface area contributed by atoms with E-state index in [4.69, 9.17) is 19.6 Å². The molecule has 0 aliphatic rings. The molecule has 3 aromatic heterocycles. The first kappa shape index (κ1) is 28.2. The van der Waals surface area contributed by atoms with Crippen molar-refractivity contribution >= 4 is 43.2 Å². The number of aryl methyl sites for hydroxylation is 3. The number of sulfonamides is 1. The maximum Gasteiger partial charge on any atom is 0.341 e. The summed E-state index contributed by atoms with van der Waals surface area (Å²) in [4.78, 5) is 17.2. The molecular weight excluding hydrogens is 566 g/mol. The van der Waals surface area contributed by atoms with E-state index in [1.54, 1.807) is 19.1 Å². The van der Waals surface area contributed by atoms with Crippen LogP contribution in [0.25, 0.3) is 21.5 Å². The number of nitrogens with two attached hydrogens (primary N) is 1. The van der Waals surface area contributed by atoms with Crippen molar-refractivity contribution in [3.8, 4) is 17.2 Å². The standard InChI is InChI=1S/C28H27N5O6S2/c1-16-4-8-21(9-5-16)41(35,36)31-10-11-37-28(34)22-13-30-26(29)24-20(15-40-25(22)24)14-38-23-12-19(7-6-17(23)2)27-33-32-18(3)39-27/h4-9,12-13,15,31H,10-11,14H2,1-3H3,(H2,29,30). The monoisotopic (exact) mass is 593 g/mol. The van der Waals surface area contributed by atoms with Gasteiger partial charge in [-0.3, -0.25) is 0 Å². The molecular formula is C28H27N5O6S2. The maximum atomic E-state index is 12.9. The topological polar surface area (TPSA) is 160 Å². The third-order valence-corrected chi connectivity index (χ3v) is 8.76. The van der Waals surface area contributed by atoms with Crippen LogP contribution >= 0.6 is 11.3 Å². The number of hydrogen-bond acceptors (Lipinski definition) is 11. The van der Waals surface area contributed by atoms with Gasteiger partial charge in [0.2, 0.25) is 21.8 Å². The number of thiophene rings is 1. The molecule has 41 heavy (non-hydrogen) atoms. The average Bonchev–Trinajstić information content (AvgIpc) is 3.58. The Balaban J connectivity index is 1.26. The van der Waals surface area contributed by atoms with E-state index in [9.17, 15) is 13.2 Å². The summed E-state index contributed by atoms with van der Waals surface area (Å²) in [5.41, 5.74) is 9.77. The summed E-state index contributed by atoms with van der Waals surface area (Å²) in [5.74, 6) is 1.12. The molecule has 0 aliphatic heterocycles. The number of nitrogens with zero attached hydrogens (tertiary/aromatic N) is 3. The molecule has 0 amide bonds. The third kappa shape index (κ3) is 6.21. The molecule has 11 nitrogen and oxygen atoms in total. The quantitative estimate of drug-likeness (QED) is 0.173. The summed E-state index contributed by atoms with van der Waals surface area (Å²) < 4.78 is 44.9. The van der Waals surface area contributed by atoms with Crippen molar-refractivity contribution in [2.24, 2.45) is 0 Å². The van der Waals surface area contributed by atoms with Crippen LogP contribution < -0.4 is 15.2 Å². The lowest BCUT2D eigenvalue weighted by molar-refractivity contribution is 0.0515. The summed E-state index contributed by atoms with van der Waals surface area (Å²) in [6.07, 6.45) is 1.36. The Morgan fingerprint density at radius 1 is 1.10 bits per heavy atom. The zero-order valence-electron chi connectivity index (χ0n) is 22.5. The number of carbonyl (C=O) groups is 1. The molecule has 2 aromatic carbocycles.